The average Bonchev–Trinajstić information content (AvgIpc) is 3.30. The Bertz CT molecular complexity index is 1220. The highest BCUT2D eigenvalue weighted by Gasteiger charge is 2.23. The first-order valence-corrected chi connectivity index (χ1v) is 9.64. The Morgan fingerprint density at radius 3 is 2.60 bits per heavy atom. The SMILES string of the molecule is Cc1c(-c2ccnc3cc(C(=O)NCC(C)(C)c4ccc(F)cc4)nn23)cnn1C. The second-order valence-electron chi connectivity index (χ2n) is 7.97. The van der Waals surface area contributed by atoms with Gasteiger partial charge in [0.2, 0.25) is 0 Å². The second-order valence-corrected chi connectivity index (χ2v) is 7.97. The fourth-order valence-corrected chi connectivity index (χ4v) is 3.36. The van der Waals surface area contributed by atoms with Crippen LogP contribution in [-0.4, -0.2) is 36.8 Å². The van der Waals surface area contributed by atoms with E-state index < -0.39 is 0 Å². The second kappa shape index (κ2) is 7.37. The third kappa shape index (κ3) is 3.56. The number of halogens is 1. The number of amides is 1. The highest BCUT2D eigenvalue weighted by atomic mass is 19.1. The van der Waals surface area contributed by atoms with E-state index in [-0.39, 0.29) is 22.8 Å². The molecule has 4 rings (SSSR count). The normalized spacial score (nSPS) is 11.8. The Morgan fingerprint density at radius 2 is 1.93 bits per heavy atom. The molecule has 0 aliphatic heterocycles. The van der Waals surface area contributed by atoms with Crippen LogP contribution in [0, 0.1) is 12.7 Å². The van der Waals surface area contributed by atoms with Crippen molar-refractivity contribution in [2.45, 2.75) is 26.2 Å². The number of rotatable bonds is 5. The van der Waals surface area contributed by atoms with Crippen molar-refractivity contribution in [2.24, 2.45) is 7.05 Å². The van der Waals surface area contributed by atoms with E-state index in [1.807, 2.05) is 33.9 Å². The summed E-state index contributed by atoms with van der Waals surface area (Å²) in [5.41, 5.74) is 4.18. The van der Waals surface area contributed by atoms with Gasteiger partial charge in [-0.15, -0.1) is 0 Å². The van der Waals surface area contributed by atoms with Gasteiger partial charge in [-0.05, 0) is 30.7 Å². The van der Waals surface area contributed by atoms with Crippen LogP contribution in [0.5, 0.6) is 0 Å². The zero-order valence-electron chi connectivity index (χ0n) is 17.3. The Kier molecular flexibility index (Phi) is 4.85. The largest absolute Gasteiger partial charge is 0.350 e. The van der Waals surface area contributed by atoms with Crippen LogP contribution in [0.1, 0.15) is 35.6 Å². The number of carbonyl (C=O) groups is 1. The lowest BCUT2D eigenvalue weighted by atomic mass is 9.84. The summed E-state index contributed by atoms with van der Waals surface area (Å²) in [5.74, 6) is -0.569. The van der Waals surface area contributed by atoms with Gasteiger partial charge in [-0.25, -0.2) is 13.9 Å². The van der Waals surface area contributed by atoms with Crippen molar-refractivity contribution in [2.75, 3.05) is 6.54 Å². The van der Waals surface area contributed by atoms with Crippen LogP contribution in [0.4, 0.5) is 4.39 Å². The Balaban J connectivity index is 1.58. The number of aryl methyl sites for hydroxylation is 1. The summed E-state index contributed by atoms with van der Waals surface area (Å²) in [4.78, 5) is 17.1. The van der Waals surface area contributed by atoms with Crippen molar-refractivity contribution in [1.82, 2.24) is 29.7 Å². The van der Waals surface area contributed by atoms with E-state index in [1.54, 1.807) is 39.8 Å². The predicted molar refractivity (Wildman–Crippen MR) is 112 cm³/mol. The molecule has 154 valence electrons. The van der Waals surface area contributed by atoms with Crippen LogP contribution >= 0.6 is 0 Å². The van der Waals surface area contributed by atoms with Crippen molar-refractivity contribution in [3.05, 3.63) is 71.6 Å². The number of carbonyl (C=O) groups excluding carboxylic acids is 1. The molecule has 1 N–H and O–H groups in total. The number of nitrogens with one attached hydrogen (secondary N) is 1. The van der Waals surface area contributed by atoms with Gasteiger partial charge < -0.3 is 5.32 Å². The van der Waals surface area contributed by atoms with E-state index in [0.29, 0.717) is 12.2 Å². The molecule has 0 radical (unpaired) electrons. The molecular formula is C22H23FN6O. The van der Waals surface area contributed by atoms with Crippen molar-refractivity contribution in [1.29, 1.82) is 0 Å². The third-order valence-corrected chi connectivity index (χ3v) is 5.42. The predicted octanol–water partition coefficient (Wildman–Crippen LogP) is 3.28. The van der Waals surface area contributed by atoms with Gasteiger partial charge in [0.05, 0.1) is 11.9 Å². The first-order valence-electron chi connectivity index (χ1n) is 9.64. The molecule has 1 aromatic carbocycles. The molecule has 0 spiro atoms. The van der Waals surface area contributed by atoms with E-state index in [9.17, 15) is 9.18 Å². The van der Waals surface area contributed by atoms with Crippen LogP contribution in [0.3, 0.4) is 0 Å². The first-order chi connectivity index (χ1) is 14.3. The minimum Gasteiger partial charge on any atom is -0.350 e. The van der Waals surface area contributed by atoms with Crippen LogP contribution in [-0.2, 0) is 12.5 Å². The smallest absolute Gasteiger partial charge is 0.271 e. The van der Waals surface area contributed by atoms with Crippen LogP contribution in [0.25, 0.3) is 16.9 Å². The van der Waals surface area contributed by atoms with E-state index in [4.69, 9.17) is 0 Å². The van der Waals surface area contributed by atoms with Gasteiger partial charge in [0.1, 0.15) is 5.82 Å². The fourth-order valence-electron chi connectivity index (χ4n) is 3.36. The molecule has 1 amide bonds. The van der Waals surface area contributed by atoms with Gasteiger partial charge in [-0.2, -0.15) is 10.2 Å². The molecule has 0 fully saturated rings. The van der Waals surface area contributed by atoms with Gasteiger partial charge in [0.15, 0.2) is 11.3 Å². The maximum atomic E-state index is 13.2. The van der Waals surface area contributed by atoms with Gasteiger partial charge >= 0.3 is 0 Å². The molecule has 0 aliphatic rings. The van der Waals surface area contributed by atoms with Crippen molar-refractivity contribution < 1.29 is 9.18 Å². The molecule has 0 aliphatic carbocycles. The molecule has 0 saturated carbocycles. The highest BCUT2D eigenvalue weighted by molar-refractivity contribution is 5.93. The Hall–Kier alpha value is -3.55. The van der Waals surface area contributed by atoms with E-state index in [1.165, 1.54) is 12.1 Å². The Labute approximate surface area is 173 Å². The minimum atomic E-state index is -0.362. The number of aromatic nitrogens is 5. The molecule has 0 saturated heterocycles. The monoisotopic (exact) mass is 406 g/mol. The Morgan fingerprint density at radius 1 is 1.20 bits per heavy atom. The maximum Gasteiger partial charge on any atom is 0.271 e. The molecule has 30 heavy (non-hydrogen) atoms. The summed E-state index contributed by atoms with van der Waals surface area (Å²) >= 11 is 0. The first kappa shape index (κ1) is 19.8. The number of hydrogen-bond donors (Lipinski definition) is 1. The molecule has 0 unspecified atom stereocenters. The molecular weight excluding hydrogens is 383 g/mol. The van der Waals surface area contributed by atoms with Crippen LogP contribution in [0.15, 0.2) is 48.8 Å². The molecule has 7 nitrogen and oxygen atoms in total. The number of hydrogen-bond acceptors (Lipinski definition) is 4. The summed E-state index contributed by atoms with van der Waals surface area (Å²) < 4.78 is 16.6. The molecule has 4 aromatic rings. The van der Waals surface area contributed by atoms with Gasteiger partial charge in [0.25, 0.3) is 5.91 Å². The van der Waals surface area contributed by atoms with E-state index >= 15 is 0 Å². The fraction of sp³-hybridized carbons (Fsp3) is 0.273. The average molecular weight is 406 g/mol. The number of fused-ring (bicyclic) bond motifs is 1. The standard InChI is InChI=1S/C22H23FN6O/c1-14-17(12-26-28(14)4)19-9-10-24-20-11-18(27-29(19)20)21(30)25-13-22(2,3)15-5-7-16(23)8-6-15/h5-12H,13H2,1-4H3,(H,25,30). The number of benzene rings is 1. The lowest BCUT2D eigenvalue weighted by Crippen LogP contribution is -2.36. The van der Waals surface area contributed by atoms with Crippen molar-refractivity contribution in [3.63, 3.8) is 0 Å². The van der Waals surface area contributed by atoms with Gasteiger partial charge in [0, 0.05) is 42.5 Å². The van der Waals surface area contributed by atoms with E-state index in [2.05, 4.69) is 20.5 Å². The van der Waals surface area contributed by atoms with Crippen LogP contribution < -0.4 is 5.32 Å². The maximum absolute atomic E-state index is 13.2. The molecule has 8 heteroatoms. The zero-order valence-corrected chi connectivity index (χ0v) is 17.3. The zero-order chi connectivity index (χ0) is 21.5. The third-order valence-electron chi connectivity index (χ3n) is 5.42. The summed E-state index contributed by atoms with van der Waals surface area (Å²) in [6.45, 7) is 6.35. The van der Waals surface area contributed by atoms with E-state index in [0.717, 1.165) is 22.5 Å². The van der Waals surface area contributed by atoms with Crippen molar-refractivity contribution >= 4 is 11.6 Å². The lowest BCUT2D eigenvalue weighted by Gasteiger charge is -2.25. The van der Waals surface area contributed by atoms with Gasteiger partial charge in [-0.1, -0.05) is 26.0 Å². The summed E-state index contributed by atoms with van der Waals surface area (Å²) in [6.07, 6.45) is 3.47. The van der Waals surface area contributed by atoms with Gasteiger partial charge in [-0.3, -0.25) is 9.48 Å². The van der Waals surface area contributed by atoms with Crippen molar-refractivity contribution in [3.8, 4) is 11.3 Å². The molecule has 0 bridgehead atoms. The molecule has 3 aromatic heterocycles. The molecule has 0 atom stereocenters. The number of nitrogens with zero attached hydrogens (tertiary/aromatic N) is 5. The summed E-state index contributed by atoms with van der Waals surface area (Å²) in [7, 11) is 1.88. The summed E-state index contributed by atoms with van der Waals surface area (Å²) in [5, 5.41) is 11.7. The summed E-state index contributed by atoms with van der Waals surface area (Å²) in [6, 6.07) is 9.83. The quantitative estimate of drug-likeness (QED) is 0.552. The lowest BCUT2D eigenvalue weighted by molar-refractivity contribution is 0.0940. The molecule has 3 heterocycles. The highest BCUT2D eigenvalue weighted by Crippen LogP contribution is 2.24. The minimum absolute atomic E-state index is 0.282. The topological polar surface area (TPSA) is 77.1 Å². The van der Waals surface area contributed by atoms with Crippen LogP contribution in [0.2, 0.25) is 0 Å².